The molecular weight excluding hydrogens is 463 g/mol. The van der Waals surface area contributed by atoms with E-state index in [4.69, 9.17) is 10.5 Å². The van der Waals surface area contributed by atoms with Gasteiger partial charge in [0.25, 0.3) is 12.1 Å². The number of benzene rings is 2. The molecule has 3 aromatic rings. The number of nitrogens with zero attached hydrogens (tertiary/aromatic N) is 3. The van der Waals surface area contributed by atoms with Gasteiger partial charge in [-0.15, -0.1) is 11.3 Å². The number of hydrogen-bond acceptors (Lipinski definition) is 9. The van der Waals surface area contributed by atoms with Crippen LogP contribution in [0.25, 0.3) is 0 Å². The first-order valence-corrected chi connectivity index (χ1v) is 11.0. The second-order valence-electron chi connectivity index (χ2n) is 7.40. The predicted molar refractivity (Wildman–Crippen MR) is 127 cm³/mol. The lowest BCUT2D eigenvalue weighted by atomic mass is 10.2. The average Bonchev–Trinajstić information content (AvgIpc) is 3.25. The first kappa shape index (κ1) is 23.0. The van der Waals surface area contributed by atoms with E-state index in [-0.39, 0.29) is 10.8 Å². The van der Waals surface area contributed by atoms with Gasteiger partial charge in [0, 0.05) is 29.6 Å². The molecule has 2 heterocycles. The Kier molecular flexibility index (Phi) is 6.59. The van der Waals surface area contributed by atoms with Crippen LogP contribution in [0.1, 0.15) is 20.4 Å². The second-order valence-corrected chi connectivity index (χ2v) is 8.48. The molecule has 1 aliphatic heterocycles. The van der Waals surface area contributed by atoms with Crippen LogP contribution >= 0.6 is 11.3 Å². The van der Waals surface area contributed by atoms with Crippen LogP contribution in [0.2, 0.25) is 0 Å². The van der Waals surface area contributed by atoms with Crippen molar-refractivity contribution in [3.8, 4) is 5.75 Å². The largest absolute Gasteiger partial charge is 0.497 e. The molecule has 1 aliphatic rings. The number of aromatic nitrogens is 1. The molecule has 1 aromatic heterocycles. The zero-order chi connectivity index (χ0) is 24.2. The minimum absolute atomic E-state index is 0.255. The maximum Gasteiger partial charge on any atom is 0.284 e. The third-order valence-electron chi connectivity index (χ3n) is 5.12. The summed E-state index contributed by atoms with van der Waals surface area (Å²) >= 11 is 1.22. The summed E-state index contributed by atoms with van der Waals surface area (Å²) in [6.07, 6.45) is 1.37. The maximum atomic E-state index is 13.2. The third kappa shape index (κ3) is 5.23. The molecule has 0 fully saturated rings. The number of carbonyl (C=O) groups is 1. The zero-order valence-electron chi connectivity index (χ0n) is 18.1. The molecular formula is C22H21FN6O4S. The highest BCUT2D eigenvalue weighted by molar-refractivity contribution is 7.13. The Balaban J connectivity index is 1.51. The molecule has 0 bridgehead atoms. The number of amides is 1. The molecule has 10 nitrogen and oxygen atoms in total. The topological polar surface area (TPSA) is 136 Å². The summed E-state index contributed by atoms with van der Waals surface area (Å²) in [5.41, 5.74) is 8.04. The molecule has 176 valence electrons. The van der Waals surface area contributed by atoms with Crippen LogP contribution in [-0.2, 0) is 13.0 Å². The molecule has 0 atom stereocenters. The average molecular weight is 485 g/mol. The Hall–Kier alpha value is -4.19. The van der Waals surface area contributed by atoms with Gasteiger partial charge in [-0.1, -0.05) is 0 Å². The number of carbonyl (C=O) groups excluding carboxylic acids is 1. The van der Waals surface area contributed by atoms with Gasteiger partial charge in [0.15, 0.2) is 10.8 Å². The number of nitro groups is 1. The molecule has 2 aromatic carbocycles. The first-order valence-electron chi connectivity index (χ1n) is 10.2. The monoisotopic (exact) mass is 484 g/mol. The molecule has 34 heavy (non-hydrogen) atoms. The van der Waals surface area contributed by atoms with Crippen molar-refractivity contribution in [2.24, 2.45) is 0 Å². The van der Waals surface area contributed by atoms with Crippen LogP contribution in [0, 0.1) is 15.9 Å². The van der Waals surface area contributed by atoms with E-state index >= 15 is 0 Å². The number of thiazole rings is 1. The van der Waals surface area contributed by atoms with E-state index < -0.39 is 16.6 Å². The van der Waals surface area contributed by atoms with E-state index in [2.05, 4.69) is 15.6 Å². The molecule has 0 saturated carbocycles. The molecule has 0 spiro atoms. The summed E-state index contributed by atoms with van der Waals surface area (Å²) in [6, 6.07) is 10.5. The van der Waals surface area contributed by atoms with Crippen molar-refractivity contribution in [3.63, 3.8) is 0 Å². The van der Waals surface area contributed by atoms with Crippen molar-refractivity contribution in [3.05, 3.63) is 86.0 Å². The number of nitrogens with one attached hydrogen (secondary N) is 2. The van der Waals surface area contributed by atoms with E-state index in [9.17, 15) is 19.3 Å². The zero-order valence-corrected chi connectivity index (χ0v) is 18.9. The number of nitrogens with two attached hydrogens (primary N) is 1. The van der Waals surface area contributed by atoms with Gasteiger partial charge in [-0.05, 0) is 36.4 Å². The number of nitrogen functional groups attached to an aromatic ring is 1. The van der Waals surface area contributed by atoms with Crippen LogP contribution in [0.15, 0.2) is 54.5 Å². The predicted octanol–water partition coefficient (Wildman–Crippen LogP) is 3.67. The Bertz CT molecular complexity index is 1260. The molecule has 1 amide bonds. The highest BCUT2D eigenvalue weighted by atomic mass is 32.1. The van der Waals surface area contributed by atoms with Crippen LogP contribution in [0.5, 0.6) is 5.75 Å². The fourth-order valence-corrected chi connectivity index (χ4v) is 4.44. The standard InChI is InChI=1S/C22H21FN6O4S/c1-33-15-6-7-16(24)18(10-15)26-21(30)22-27-17-8-9-28(11-19(17)34-22)20(12-29(31)32)25-14-4-2-13(23)3-5-14/h2-7,10,12,25H,8-9,11,24H2,1H3,(H,26,30). The molecule has 12 heteroatoms. The van der Waals surface area contributed by atoms with Crippen LogP contribution in [0.4, 0.5) is 21.5 Å². The highest BCUT2D eigenvalue weighted by Crippen LogP contribution is 2.30. The third-order valence-corrected chi connectivity index (χ3v) is 6.20. The number of fused-ring (bicyclic) bond motifs is 1. The summed E-state index contributed by atoms with van der Waals surface area (Å²) in [4.78, 5) is 30.5. The van der Waals surface area contributed by atoms with E-state index in [0.29, 0.717) is 42.3 Å². The van der Waals surface area contributed by atoms with E-state index in [0.717, 1.165) is 16.8 Å². The summed E-state index contributed by atoms with van der Waals surface area (Å²) in [7, 11) is 1.52. The highest BCUT2D eigenvalue weighted by Gasteiger charge is 2.26. The minimum Gasteiger partial charge on any atom is -0.497 e. The van der Waals surface area contributed by atoms with Crippen LogP contribution < -0.4 is 21.1 Å². The second kappa shape index (κ2) is 9.75. The molecule has 4 N–H and O–H groups in total. The van der Waals surface area contributed by atoms with Crippen LogP contribution in [-0.4, -0.2) is 34.4 Å². The molecule has 0 unspecified atom stereocenters. The maximum absolute atomic E-state index is 13.2. The van der Waals surface area contributed by atoms with E-state index in [1.165, 1.54) is 42.7 Å². The Morgan fingerprint density at radius 3 is 2.76 bits per heavy atom. The van der Waals surface area contributed by atoms with E-state index in [1.807, 2.05) is 0 Å². The van der Waals surface area contributed by atoms with Gasteiger partial charge in [-0.2, -0.15) is 0 Å². The summed E-state index contributed by atoms with van der Waals surface area (Å²) < 4.78 is 18.4. The SMILES string of the molecule is COc1ccc(N)c(NC(=O)c2nc3c(s2)CN(C(=C[N+](=O)[O-])Nc2ccc(F)cc2)CC3)c1. The number of rotatable bonds is 7. The quantitative estimate of drug-likeness (QED) is 0.263. The Morgan fingerprint density at radius 1 is 1.29 bits per heavy atom. The summed E-state index contributed by atoms with van der Waals surface area (Å²) in [5.74, 6) is -0.00122. The number of anilines is 3. The lowest BCUT2D eigenvalue weighted by Gasteiger charge is -2.29. The Labute approximate surface area is 198 Å². The van der Waals surface area contributed by atoms with Gasteiger partial charge in [-0.3, -0.25) is 14.9 Å². The van der Waals surface area contributed by atoms with Crippen molar-refractivity contribution in [1.82, 2.24) is 9.88 Å². The lowest BCUT2D eigenvalue weighted by molar-refractivity contribution is -0.404. The minimum atomic E-state index is -0.550. The van der Waals surface area contributed by atoms with Gasteiger partial charge >= 0.3 is 0 Å². The smallest absolute Gasteiger partial charge is 0.284 e. The molecule has 4 rings (SSSR count). The summed E-state index contributed by atoms with van der Waals surface area (Å²) in [6.45, 7) is 0.782. The van der Waals surface area contributed by atoms with Gasteiger partial charge < -0.3 is 26.0 Å². The molecule has 0 aliphatic carbocycles. The van der Waals surface area contributed by atoms with Crippen molar-refractivity contribution in [1.29, 1.82) is 0 Å². The fourth-order valence-electron chi connectivity index (χ4n) is 3.42. The lowest BCUT2D eigenvalue weighted by Crippen LogP contribution is -2.33. The summed E-state index contributed by atoms with van der Waals surface area (Å²) in [5, 5.41) is 17.2. The van der Waals surface area contributed by atoms with E-state index in [1.54, 1.807) is 23.1 Å². The first-order chi connectivity index (χ1) is 16.3. The fraction of sp³-hybridized carbons (Fsp3) is 0.182. The number of hydrogen-bond donors (Lipinski definition) is 3. The van der Waals surface area contributed by atoms with Crippen molar-refractivity contribution in [2.75, 3.05) is 30.0 Å². The van der Waals surface area contributed by atoms with Gasteiger partial charge in [0.1, 0.15) is 11.6 Å². The van der Waals surface area contributed by atoms with Gasteiger partial charge in [0.05, 0.1) is 35.6 Å². The van der Waals surface area contributed by atoms with Crippen molar-refractivity contribution < 1.29 is 18.8 Å². The van der Waals surface area contributed by atoms with Crippen molar-refractivity contribution >= 4 is 34.3 Å². The van der Waals surface area contributed by atoms with Gasteiger partial charge in [-0.25, -0.2) is 9.37 Å². The number of ether oxygens (including phenoxy) is 1. The molecule has 0 saturated heterocycles. The van der Waals surface area contributed by atoms with Crippen LogP contribution in [0.3, 0.4) is 0 Å². The molecule has 0 radical (unpaired) electrons. The van der Waals surface area contributed by atoms with Gasteiger partial charge in [0.2, 0.25) is 0 Å². The Morgan fingerprint density at radius 2 is 2.06 bits per heavy atom. The number of methoxy groups -OCH3 is 1. The van der Waals surface area contributed by atoms with Crippen molar-refractivity contribution in [2.45, 2.75) is 13.0 Å². The number of halogens is 1. The normalized spacial score (nSPS) is 13.2.